The van der Waals surface area contributed by atoms with Gasteiger partial charge in [-0.2, -0.15) is 0 Å². The van der Waals surface area contributed by atoms with E-state index in [1.54, 1.807) is 19.2 Å². The molecular formula is C14H21NO3. The smallest absolute Gasteiger partial charge is 0.120 e. The largest absolute Gasteiger partial charge is 0.508 e. The highest BCUT2D eigenvalue weighted by molar-refractivity contribution is 5.39. The van der Waals surface area contributed by atoms with Crippen molar-refractivity contribution in [3.05, 3.63) is 35.9 Å². The minimum atomic E-state index is 0.270. The average molecular weight is 251 g/mol. The van der Waals surface area contributed by atoms with Gasteiger partial charge in [-0.3, -0.25) is 0 Å². The molecule has 0 fully saturated rings. The summed E-state index contributed by atoms with van der Waals surface area (Å²) in [4.78, 5) is 0. The van der Waals surface area contributed by atoms with E-state index in [-0.39, 0.29) is 5.75 Å². The first kappa shape index (κ1) is 14.5. The van der Waals surface area contributed by atoms with E-state index >= 15 is 0 Å². The molecule has 0 aliphatic rings. The summed E-state index contributed by atoms with van der Waals surface area (Å²) in [7, 11) is 1.61. The zero-order valence-corrected chi connectivity index (χ0v) is 11.0. The Kier molecular flexibility index (Phi) is 6.25. The molecule has 0 aliphatic carbocycles. The third kappa shape index (κ3) is 5.21. The molecule has 4 nitrogen and oxygen atoms in total. The maximum Gasteiger partial charge on any atom is 0.120 e. The van der Waals surface area contributed by atoms with Gasteiger partial charge in [0.1, 0.15) is 11.5 Å². The number of phenolic OH excluding ortho intramolecular Hbond substituents is 1. The molecule has 0 saturated carbocycles. The second-order valence-electron chi connectivity index (χ2n) is 4.18. The van der Waals surface area contributed by atoms with Crippen molar-refractivity contribution in [3.8, 4) is 11.5 Å². The first-order valence-electron chi connectivity index (χ1n) is 5.92. The van der Waals surface area contributed by atoms with E-state index in [0.29, 0.717) is 19.8 Å². The molecule has 1 rings (SSSR count). The van der Waals surface area contributed by atoms with Gasteiger partial charge >= 0.3 is 0 Å². The fraction of sp³-hybridized carbons (Fsp3) is 0.429. The molecule has 100 valence electrons. The maximum absolute atomic E-state index is 9.67. The zero-order valence-electron chi connectivity index (χ0n) is 11.0. The minimum Gasteiger partial charge on any atom is -0.508 e. The first-order chi connectivity index (χ1) is 8.63. The molecule has 4 heteroatoms. The van der Waals surface area contributed by atoms with Crippen LogP contribution >= 0.6 is 0 Å². The summed E-state index contributed by atoms with van der Waals surface area (Å²) >= 11 is 0. The van der Waals surface area contributed by atoms with E-state index in [1.807, 2.05) is 13.0 Å². The topological polar surface area (TPSA) is 50.7 Å². The van der Waals surface area contributed by atoms with Crippen molar-refractivity contribution in [2.45, 2.75) is 13.5 Å². The Hall–Kier alpha value is -1.52. The Bertz CT molecular complexity index is 391. The number of rotatable bonds is 8. The van der Waals surface area contributed by atoms with Gasteiger partial charge in [-0.1, -0.05) is 12.2 Å². The molecule has 0 bridgehead atoms. The number of ether oxygens (including phenoxy) is 2. The molecule has 0 spiro atoms. The van der Waals surface area contributed by atoms with Crippen LogP contribution in [0.2, 0.25) is 0 Å². The number of methoxy groups -OCH3 is 1. The summed E-state index contributed by atoms with van der Waals surface area (Å²) in [5, 5.41) is 12.9. The van der Waals surface area contributed by atoms with E-state index < -0.39 is 0 Å². The van der Waals surface area contributed by atoms with Gasteiger partial charge in [0.15, 0.2) is 0 Å². The first-order valence-corrected chi connectivity index (χ1v) is 5.92. The normalized spacial score (nSPS) is 10.3. The second-order valence-corrected chi connectivity index (χ2v) is 4.18. The molecule has 0 heterocycles. The van der Waals surface area contributed by atoms with Crippen LogP contribution in [0.3, 0.4) is 0 Å². The number of phenols is 1. The van der Waals surface area contributed by atoms with Crippen LogP contribution in [0.15, 0.2) is 30.4 Å². The van der Waals surface area contributed by atoms with Crippen LogP contribution in [0.25, 0.3) is 0 Å². The van der Waals surface area contributed by atoms with Gasteiger partial charge in [-0.25, -0.2) is 0 Å². The number of hydrogen-bond donors (Lipinski definition) is 2. The van der Waals surface area contributed by atoms with Crippen molar-refractivity contribution in [2.24, 2.45) is 0 Å². The summed E-state index contributed by atoms with van der Waals surface area (Å²) in [6.07, 6.45) is 0. The maximum atomic E-state index is 9.67. The van der Waals surface area contributed by atoms with Gasteiger partial charge < -0.3 is 19.9 Å². The van der Waals surface area contributed by atoms with Gasteiger partial charge in [0, 0.05) is 18.7 Å². The second kappa shape index (κ2) is 7.74. The monoisotopic (exact) mass is 251 g/mol. The van der Waals surface area contributed by atoms with Crippen molar-refractivity contribution in [3.63, 3.8) is 0 Å². The van der Waals surface area contributed by atoms with Crippen molar-refractivity contribution in [1.82, 2.24) is 5.32 Å². The lowest BCUT2D eigenvalue weighted by atomic mass is 10.2. The van der Waals surface area contributed by atoms with Gasteiger partial charge in [-0.15, -0.1) is 0 Å². The third-order valence-corrected chi connectivity index (χ3v) is 2.37. The molecule has 0 aromatic heterocycles. The predicted molar refractivity (Wildman–Crippen MR) is 72.0 cm³/mol. The minimum absolute atomic E-state index is 0.270. The standard InChI is InChI=1S/C14H21NO3/c1-11(2)10-18-7-6-15-9-12-8-13(17-3)4-5-14(12)16/h4-5,8,15-16H,1,6-7,9-10H2,2-3H3. The number of hydrogen-bond acceptors (Lipinski definition) is 4. The lowest BCUT2D eigenvalue weighted by molar-refractivity contribution is 0.157. The van der Waals surface area contributed by atoms with E-state index in [1.165, 1.54) is 0 Å². The Balaban J connectivity index is 2.28. The number of aromatic hydroxyl groups is 1. The highest BCUT2D eigenvalue weighted by atomic mass is 16.5. The fourth-order valence-corrected chi connectivity index (χ4v) is 1.44. The molecule has 0 aliphatic heterocycles. The molecule has 1 aromatic rings. The quantitative estimate of drug-likeness (QED) is 0.548. The van der Waals surface area contributed by atoms with Crippen molar-refractivity contribution >= 4 is 0 Å². The molecule has 0 radical (unpaired) electrons. The molecule has 18 heavy (non-hydrogen) atoms. The van der Waals surface area contributed by atoms with Crippen LogP contribution in [-0.4, -0.2) is 32.0 Å². The van der Waals surface area contributed by atoms with Crippen LogP contribution in [0.5, 0.6) is 11.5 Å². The Morgan fingerprint density at radius 1 is 1.44 bits per heavy atom. The molecule has 0 atom stereocenters. The van der Waals surface area contributed by atoms with Crippen LogP contribution in [0, 0.1) is 0 Å². The predicted octanol–water partition coefficient (Wildman–Crippen LogP) is 2.08. The average Bonchev–Trinajstić information content (AvgIpc) is 2.35. The van der Waals surface area contributed by atoms with E-state index in [2.05, 4.69) is 11.9 Å². The molecule has 0 amide bonds. The van der Waals surface area contributed by atoms with E-state index in [0.717, 1.165) is 23.4 Å². The number of benzene rings is 1. The summed E-state index contributed by atoms with van der Waals surface area (Å²) in [6.45, 7) is 8.21. The van der Waals surface area contributed by atoms with Crippen molar-refractivity contribution in [1.29, 1.82) is 0 Å². The molecule has 1 aromatic carbocycles. The molecule has 0 unspecified atom stereocenters. The van der Waals surface area contributed by atoms with Gasteiger partial charge in [0.25, 0.3) is 0 Å². The Morgan fingerprint density at radius 3 is 2.89 bits per heavy atom. The molecular weight excluding hydrogens is 230 g/mol. The highest BCUT2D eigenvalue weighted by Crippen LogP contribution is 2.22. The van der Waals surface area contributed by atoms with E-state index in [9.17, 15) is 5.11 Å². The summed E-state index contributed by atoms with van der Waals surface area (Å²) in [5.74, 6) is 1.01. The van der Waals surface area contributed by atoms with Crippen LogP contribution < -0.4 is 10.1 Å². The Labute approximate surface area is 108 Å². The lowest BCUT2D eigenvalue weighted by Gasteiger charge is -2.09. The van der Waals surface area contributed by atoms with Crippen molar-refractivity contribution in [2.75, 3.05) is 26.9 Å². The summed E-state index contributed by atoms with van der Waals surface area (Å²) in [5.41, 5.74) is 1.83. The lowest BCUT2D eigenvalue weighted by Crippen LogP contribution is -2.19. The third-order valence-electron chi connectivity index (χ3n) is 2.37. The van der Waals surface area contributed by atoms with Crippen LogP contribution in [-0.2, 0) is 11.3 Å². The van der Waals surface area contributed by atoms with Gasteiger partial charge in [0.2, 0.25) is 0 Å². The van der Waals surface area contributed by atoms with Crippen LogP contribution in [0.1, 0.15) is 12.5 Å². The molecule has 0 saturated heterocycles. The SMILES string of the molecule is C=C(C)COCCNCc1cc(OC)ccc1O. The van der Waals surface area contributed by atoms with Crippen molar-refractivity contribution < 1.29 is 14.6 Å². The van der Waals surface area contributed by atoms with Gasteiger partial charge in [-0.05, 0) is 25.1 Å². The fourth-order valence-electron chi connectivity index (χ4n) is 1.44. The highest BCUT2D eigenvalue weighted by Gasteiger charge is 2.02. The van der Waals surface area contributed by atoms with Gasteiger partial charge in [0.05, 0.1) is 20.3 Å². The number of nitrogens with one attached hydrogen (secondary N) is 1. The molecule has 2 N–H and O–H groups in total. The Morgan fingerprint density at radius 2 is 2.22 bits per heavy atom. The zero-order chi connectivity index (χ0) is 13.4. The summed E-state index contributed by atoms with van der Waals surface area (Å²) in [6, 6.07) is 5.18. The van der Waals surface area contributed by atoms with E-state index in [4.69, 9.17) is 9.47 Å². The summed E-state index contributed by atoms with van der Waals surface area (Å²) < 4.78 is 10.5. The van der Waals surface area contributed by atoms with Crippen LogP contribution in [0.4, 0.5) is 0 Å².